The molecule has 0 radical (unpaired) electrons. The van der Waals surface area contributed by atoms with E-state index in [0.29, 0.717) is 5.03 Å². The van der Waals surface area contributed by atoms with E-state index in [-0.39, 0.29) is 17.4 Å². The zero-order valence-corrected chi connectivity index (χ0v) is 18.6. The number of sulfonamides is 1. The number of ether oxygens (including phenoxy) is 1. The number of hydrogen-bond donors (Lipinski definition) is 0. The predicted molar refractivity (Wildman–Crippen MR) is 115 cm³/mol. The zero-order valence-electron chi connectivity index (χ0n) is 17.0. The van der Waals surface area contributed by atoms with Crippen LogP contribution < -0.4 is 0 Å². The highest BCUT2D eigenvalue weighted by Gasteiger charge is 2.41. The van der Waals surface area contributed by atoms with Crippen LogP contribution in [0.3, 0.4) is 0 Å². The molecule has 29 heavy (non-hydrogen) atoms. The van der Waals surface area contributed by atoms with Gasteiger partial charge < -0.3 is 4.74 Å². The number of benzene rings is 2. The largest absolute Gasteiger partial charge is 0.463 e. The number of aryl methyl sites for hydroxylation is 1. The Balaban J connectivity index is 2.21. The van der Waals surface area contributed by atoms with Gasteiger partial charge in [-0.15, -0.1) is 0 Å². The molecule has 0 amide bonds. The Morgan fingerprint density at radius 1 is 1.17 bits per heavy atom. The van der Waals surface area contributed by atoms with E-state index >= 15 is 0 Å². The van der Waals surface area contributed by atoms with Gasteiger partial charge in [-0.25, -0.2) is 13.2 Å². The third-order valence-electron chi connectivity index (χ3n) is 4.66. The maximum Gasteiger partial charge on any atom is 0.333 e. The van der Waals surface area contributed by atoms with Crippen molar-refractivity contribution in [3.8, 4) is 0 Å². The van der Waals surface area contributed by atoms with Crippen molar-refractivity contribution in [2.24, 2.45) is 5.92 Å². The summed E-state index contributed by atoms with van der Waals surface area (Å²) >= 11 is 1.27. The van der Waals surface area contributed by atoms with Crippen LogP contribution in [0.15, 0.2) is 69.4 Å². The van der Waals surface area contributed by atoms with Crippen molar-refractivity contribution < 1.29 is 17.9 Å². The minimum atomic E-state index is -3.89. The van der Waals surface area contributed by atoms with Gasteiger partial charge in [-0.2, -0.15) is 0 Å². The topological polar surface area (TPSA) is 63.7 Å². The smallest absolute Gasteiger partial charge is 0.333 e. The lowest BCUT2D eigenvalue weighted by Crippen LogP contribution is -2.38. The molecule has 0 aromatic heterocycles. The molecule has 0 spiro atoms. The molecule has 0 bridgehead atoms. The lowest BCUT2D eigenvalue weighted by Gasteiger charge is -2.40. The molecule has 2 aromatic carbocycles. The first-order valence-electron chi connectivity index (χ1n) is 9.52. The predicted octanol–water partition coefficient (Wildman–Crippen LogP) is 4.89. The van der Waals surface area contributed by atoms with Crippen LogP contribution in [-0.2, 0) is 19.6 Å². The summed E-state index contributed by atoms with van der Waals surface area (Å²) in [5.41, 5.74) is 1.91. The lowest BCUT2D eigenvalue weighted by molar-refractivity contribution is -0.137. The molecule has 5 nitrogen and oxygen atoms in total. The Morgan fingerprint density at radius 3 is 2.45 bits per heavy atom. The van der Waals surface area contributed by atoms with Crippen molar-refractivity contribution in [1.82, 2.24) is 4.31 Å². The molecule has 1 aliphatic heterocycles. The fourth-order valence-corrected chi connectivity index (χ4v) is 6.43. The second-order valence-corrected chi connectivity index (χ2v) is 10.1. The summed E-state index contributed by atoms with van der Waals surface area (Å²) < 4.78 is 33.8. The molecule has 1 atom stereocenters. The van der Waals surface area contributed by atoms with Crippen LogP contribution in [0.5, 0.6) is 0 Å². The number of nitrogens with zero attached hydrogens (tertiary/aromatic N) is 1. The van der Waals surface area contributed by atoms with Crippen molar-refractivity contribution in [2.75, 3.05) is 6.61 Å². The fourth-order valence-electron chi connectivity index (χ4n) is 3.34. The molecule has 3 rings (SSSR count). The van der Waals surface area contributed by atoms with Crippen molar-refractivity contribution >= 4 is 27.8 Å². The molecule has 0 saturated heterocycles. The van der Waals surface area contributed by atoms with E-state index in [9.17, 15) is 13.2 Å². The first-order valence-corrected chi connectivity index (χ1v) is 11.8. The molecule has 1 aliphatic rings. The average Bonchev–Trinajstić information content (AvgIpc) is 2.67. The average molecular weight is 432 g/mol. The van der Waals surface area contributed by atoms with E-state index in [4.69, 9.17) is 4.74 Å². The lowest BCUT2D eigenvalue weighted by atomic mass is 9.96. The second kappa shape index (κ2) is 8.63. The molecule has 0 N–H and O–H groups in total. The van der Waals surface area contributed by atoms with Gasteiger partial charge in [0.2, 0.25) is 0 Å². The third-order valence-corrected chi connectivity index (χ3v) is 7.70. The van der Waals surface area contributed by atoms with Crippen LogP contribution in [0.4, 0.5) is 0 Å². The number of esters is 1. The normalized spacial score (nSPS) is 18.0. The molecule has 7 heteroatoms. The third kappa shape index (κ3) is 4.36. The van der Waals surface area contributed by atoms with Crippen LogP contribution >= 0.6 is 11.8 Å². The summed E-state index contributed by atoms with van der Waals surface area (Å²) in [4.78, 5) is 13.4. The first-order chi connectivity index (χ1) is 13.8. The summed E-state index contributed by atoms with van der Waals surface area (Å²) in [5.74, 6) is -0.566. The molecule has 154 valence electrons. The maximum absolute atomic E-state index is 13.7. The van der Waals surface area contributed by atoms with Gasteiger partial charge in [0.05, 0.1) is 28.6 Å². The molecule has 1 heterocycles. The standard InChI is InChI=1S/C22H25NO4S2/c1-5-27-21(24)14-20-23(29(25,26)17-12-10-16(4)11-13-17)22(15(2)3)18-8-6-7-9-19(18)28-20/h6-15,22H,5H2,1-4H3/b20-14-/t22-/m1/s1. The van der Waals surface area contributed by atoms with Crippen molar-refractivity contribution in [3.05, 3.63) is 70.8 Å². The molecule has 0 saturated carbocycles. The number of hydrogen-bond acceptors (Lipinski definition) is 5. The SMILES string of the molecule is CCOC(=O)/C=C1\Sc2ccccc2[C@@H](C(C)C)N1S(=O)(=O)c1ccc(C)cc1. The minimum absolute atomic E-state index is 0.0112. The Labute approximate surface area is 176 Å². The van der Waals surface area contributed by atoms with Crippen molar-refractivity contribution in [3.63, 3.8) is 0 Å². The van der Waals surface area contributed by atoms with Gasteiger partial charge in [0.25, 0.3) is 10.0 Å². The van der Waals surface area contributed by atoms with E-state index in [1.165, 1.54) is 22.1 Å². The quantitative estimate of drug-likeness (QED) is 0.498. The maximum atomic E-state index is 13.7. The van der Waals surface area contributed by atoms with E-state index in [2.05, 4.69) is 0 Å². The minimum Gasteiger partial charge on any atom is -0.463 e. The Hall–Kier alpha value is -2.25. The molecular weight excluding hydrogens is 406 g/mol. The Kier molecular flexibility index (Phi) is 6.39. The van der Waals surface area contributed by atoms with Gasteiger partial charge in [0.1, 0.15) is 0 Å². The summed E-state index contributed by atoms with van der Waals surface area (Å²) in [6.45, 7) is 7.82. The van der Waals surface area contributed by atoms with Gasteiger partial charge >= 0.3 is 5.97 Å². The molecule has 2 aromatic rings. The number of fused-ring (bicyclic) bond motifs is 1. The molecule has 0 fully saturated rings. The van der Waals surface area contributed by atoms with Crippen molar-refractivity contribution in [2.45, 2.75) is 43.5 Å². The van der Waals surface area contributed by atoms with Crippen LogP contribution in [0, 0.1) is 12.8 Å². The van der Waals surface area contributed by atoms with Gasteiger partial charge in [0.15, 0.2) is 0 Å². The number of carbonyl (C=O) groups is 1. The Morgan fingerprint density at radius 2 is 1.83 bits per heavy atom. The van der Waals surface area contributed by atoms with E-state index < -0.39 is 22.0 Å². The van der Waals surface area contributed by atoms with Gasteiger partial charge in [0, 0.05) is 4.90 Å². The number of rotatable bonds is 5. The summed E-state index contributed by atoms with van der Waals surface area (Å²) in [6, 6.07) is 14.1. The summed E-state index contributed by atoms with van der Waals surface area (Å²) in [6.07, 6.45) is 1.28. The van der Waals surface area contributed by atoms with Crippen molar-refractivity contribution in [1.29, 1.82) is 0 Å². The van der Waals surface area contributed by atoms with E-state index in [1.807, 2.05) is 45.0 Å². The van der Waals surface area contributed by atoms with Gasteiger partial charge in [-0.05, 0) is 43.5 Å². The zero-order chi connectivity index (χ0) is 21.2. The number of thioether (sulfide) groups is 1. The second-order valence-electron chi connectivity index (χ2n) is 7.18. The Bertz CT molecular complexity index is 1030. The van der Waals surface area contributed by atoms with Crippen LogP contribution in [-0.4, -0.2) is 25.3 Å². The highest BCUT2D eigenvalue weighted by atomic mass is 32.2. The molecule has 0 aliphatic carbocycles. The monoisotopic (exact) mass is 431 g/mol. The van der Waals surface area contributed by atoms with Crippen LogP contribution in [0.2, 0.25) is 0 Å². The van der Waals surface area contributed by atoms with Gasteiger partial charge in [-0.1, -0.05) is 61.5 Å². The first kappa shape index (κ1) is 21.5. The van der Waals surface area contributed by atoms with Crippen LogP contribution in [0.25, 0.3) is 0 Å². The summed E-state index contributed by atoms with van der Waals surface area (Å²) in [5, 5.41) is 0.349. The molecular formula is C22H25NO4S2. The van der Waals surface area contributed by atoms with E-state index in [1.54, 1.807) is 31.2 Å². The van der Waals surface area contributed by atoms with Crippen LogP contribution in [0.1, 0.15) is 37.9 Å². The summed E-state index contributed by atoms with van der Waals surface area (Å²) in [7, 11) is -3.89. The fraction of sp³-hybridized carbons (Fsp3) is 0.318. The highest BCUT2D eigenvalue weighted by molar-refractivity contribution is 8.04. The van der Waals surface area contributed by atoms with E-state index in [0.717, 1.165) is 16.0 Å². The van der Waals surface area contributed by atoms with Gasteiger partial charge in [-0.3, -0.25) is 4.31 Å². The highest BCUT2D eigenvalue weighted by Crippen LogP contribution is 2.49. The molecule has 0 unspecified atom stereocenters. The number of carbonyl (C=O) groups excluding carboxylic acids is 1.